The summed E-state index contributed by atoms with van der Waals surface area (Å²) in [4.78, 5) is 13.4. The maximum Gasteiger partial charge on any atom is 0.574 e. The first-order chi connectivity index (χ1) is 6.29. The molecular formula is C7H5F3INO2. The van der Waals surface area contributed by atoms with Gasteiger partial charge in [0, 0.05) is 11.6 Å². The normalized spacial score (nSPS) is 11.5. The zero-order valence-corrected chi connectivity index (χ0v) is 9.06. The van der Waals surface area contributed by atoms with Gasteiger partial charge in [0.2, 0.25) is 5.88 Å². The maximum absolute atomic E-state index is 11.8. The van der Waals surface area contributed by atoms with Crippen molar-refractivity contribution in [3.8, 4) is 5.88 Å². The molecule has 0 aliphatic heterocycles. The molecular weight excluding hydrogens is 314 g/mol. The molecule has 0 amide bonds. The Kier molecular flexibility index (Phi) is 3.07. The fraction of sp³-hybridized carbons (Fsp3) is 0.286. The van der Waals surface area contributed by atoms with E-state index in [4.69, 9.17) is 0 Å². The van der Waals surface area contributed by atoms with Gasteiger partial charge in [0.25, 0.3) is 0 Å². The predicted octanol–water partition coefficient (Wildman–Crippen LogP) is 2.19. The van der Waals surface area contributed by atoms with E-state index in [0.717, 1.165) is 6.07 Å². The molecule has 0 fully saturated rings. The summed E-state index contributed by atoms with van der Waals surface area (Å²) < 4.78 is 39.2. The van der Waals surface area contributed by atoms with Crippen LogP contribution in [0.4, 0.5) is 13.2 Å². The monoisotopic (exact) mass is 319 g/mol. The minimum atomic E-state index is -4.79. The number of hydrogen-bond donors (Lipinski definition) is 1. The first kappa shape index (κ1) is 11.3. The third-order valence-corrected chi connectivity index (χ3v) is 2.50. The smallest absolute Gasteiger partial charge is 0.390 e. The number of alkyl halides is 3. The minimum Gasteiger partial charge on any atom is -0.390 e. The van der Waals surface area contributed by atoms with Crippen molar-refractivity contribution in [2.24, 2.45) is 0 Å². The van der Waals surface area contributed by atoms with Crippen LogP contribution in [0.5, 0.6) is 5.88 Å². The highest BCUT2D eigenvalue weighted by Crippen LogP contribution is 2.20. The molecule has 78 valence electrons. The summed E-state index contributed by atoms with van der Waals surface area (Å²) in [7, 11) is 0. The lowest BCUT2D eigenvalue weighted by Crippen LogP contribution is -2.20. The Hall–Kier alpha value is -0.730. The molecule has 0 saturated carbocycles. The van der Waals surface area contributed by atoms with Gasteiger partial charge in [-0.3, -0.25) is 4.79 Å². The van der Waals surface area contributed by atoms with E-state index in [0.29, 0.717) is 9.26 Å². The van der Waals surface area contributed by atoms with Gasteiger partial charge in [-0.15, -0.1) is 13.2 Å². The molecule has 0 aliphatic carbocycles. The molecule has 0 aliphatic rings. The van der Waals surface area contributed by atoms with Crippen molar-refractivity contribution in [2.75, 3.05) is 0 Å². The molecule has 1 heterocycles. The molecule has 3 nitrogen and oxygen atoms in total. The molecule has 0 bridgehead atoms. The van der Waals surface area contributed by atoms with Crippen LogP contribution in [0.15, 0.2) is 10.9 Å². The lowest BCUT2D eigenvalue weighted by atomic mass is 10.3. The van der Waals surface area contributed by atoms with Crippen molar-refractivity contribution >= 4 is 22.6 Å². The molecule has 1 aromatic rings. The summed E-state index contributed by atoms with van der Waals surface area (Å²) in [6.45, 7) is 1.51. The topological polar surface area (TPSA) is 42.1 Å². The van der Waals surface area contributed by atoms with Crippen molar-refractivity contribution in [1.82, 2.24) is 4.98 Å². The van der Waals surface area contributed by atoms with E-state index in [1.165, 1.54) is 6.92 Å². The van der Waals surface area contributed by atoms with Gasteiger partial charge in [0.1, 0.15) is 0 Å². The van der Waals surface area contributed by atoms with Crippen molar-refractivity contribution in [3.05, 3.63) is 25.6 Å². The molecule has 0 unspecified atom stereocenters. The number of aromatic amines is 1. The number of aromatic nitrogens is 1. The highest BCUT2D eigenvalue weighted by atomic mass is 127. The number of pyridine rings is 1. The van der Waals surface area contributed by atoms with Crippen LogP contribution >= 0.6 is 22.6 Å². The lowest BCUT2D eigenvalue weighted by Gasteiger charge is -2.09. The third kappa shape index (κ3) is 2.89. The van der Waals surface area contributed by atoms with Crippen molar-refractivity contribution in [2.45, 2.75) is 13.3 Å². The zero-order valence-electron chi connectivity index (χ0n) is 6.91. The van der Waals surface area contributed by atoms with Gasteiger partial charge in [-0.05, 0) is 29.5 Å². The standard InChI is InChI=1S/C7H5F3INO2/c1-3-4(13)2-5(12-6(3)11)14-7(8,9)10/h2H,1H3,(H,12,13). The molecule has 0 radical (unpaired) electrons. The molecule has 7 heteroatoms. The first-order valence-corrected chi connectivity index (χ1v) is 4.52. The van der Waals surface area contributed by atoms with Crippen LogP contribution in [0.25, 0.3) is 0 Å². The van der Waals surface area contributed by atoms with Gasteiger partial charge >= 0.3 is 6.36 Å². The average Bonchev–Trinajstić information content (AvgIpc) is 1.96. The largest absolute Gasteiger partial charge is 0.574 e. The van der Waals surface area contributed by atoms with E-state index in [1.54, 1.807) is 22.6 Å². The van der Waals surface area contributed by atoms with Gasteiger partial charge in [0.05, 0.1) is 3.70 Å². The summed E-state index contributed by atoms with van der Waals surface area (Å²) in [5.41, 5.74) is -0.132. The number of halogens is 4. The number of nitrogens with one attached hydrogen (secondary N) is 1. The summed E-state index contributed by atoms with van der Waals surface area (Å²) >= 11 is 1.72. The van der Waals surface area contributed by atoms with Crippen LogP contribution in [-0.4, -0.2) is 11.3 Å². The third-order valence-electron chi connectivity index (χ3n) is 1.42. The second-order valence-corrected chi connectivity index (χ2v) is 3.56. The molecule has 0 atom stereocenters. The van der Waals surface area contributed by atoms with E-state index in [9.17, 15) is 18.0 Å². The van der Waals surface area contributed by atoms with E-state index in [1.807, 2.05) is 0 Å². The Morgan fingerprint density at radius 3 is 2.50 bits per heavy atom. The molecule has 1 aromatic heterocycles. The van der Waals surface area contributed by atoms with Crippen LogP contribution < -0.4 is 10.2 Å². The van der Waals surface area contributed by atoms with Gasteiger partial charge < -0.3 is 9.72 Å². The van der Waals surface area contributed by atoms with Gasteiger partial charge in [-0.1, -0.05) is 0 Å². The van der Waals surface area contributed by atoms with Crippen LogP contribution in [0.2, 0.25) is 0 Å². The highest BCUT2D eigenvalue weighted by Gasteiger charge is 2.31. The van der Waals surface area contributed by atoms with Crippen molar-refractivity contribution < 1.29 is 17.9 Å². The summed E-state index contributed by atoms with van der Waals surface area (Å²) in [5, 5.41) is 0. The quantitative estimate of drug-likeness (QED) is 0.637. The highest BCUT2D eigenvalue weighted by molar-refractivity contribution is 14.1. The fourth-order valence-electron chi connectivity index (χ4n) is 0.753. The Bertz CT molecular complexity index is 399. The number of rotatable bonds is 1. The van der Waals surface area contributed by atoms with Crippen LogP contribution in [0.1, 0.15) is 5.56 Å². The Morgan fingerprint density at radius 1 is 1.50 bits per heavy atom. The number of H-pyrrole nitrogens is 1. The summed E-state index contributed by atoms with van der Waals surface area (Å²) in [5.74, 6) is -0.600. The van der Waals surface area contributed by atoms with Crippen LogP contribution in [0, 0.1) is 10.6 Å². The first-order valence-electron chi connectivity index (χ1n) is 3.45. The number of ether oxygens (including phenoxy) is 1. The second-order valence-electron chi connectivity index (χ2n) is 2.48. The van der Waals surface area contributed by atoms with E-state index in [2.05, 4.69) is 9.72 Å². The van der Waals surface area contributed by atoms with Gasteiger partial charge in [-0.25, -0.2) is 0 Å². The minimum absolute atomic E-state index is 0.328. The summed E-state index contributed by atoms with van der Waals surface area (Å²) in [6.07, 6.45) is -4.79. The maximum atomic E-state index is 11.8. The molecule has 1 rings (SSSR count). The van der Waals surface area contributed by atoms with E-state index < -0.39 is 17.7 Å². The lowest BCUT2D eigenvalue weighted by molar-refractivity contribution is -0.276. The Labute approximate surface area is 90.4 Å². The number of hydrogen-bond acceptors (Lipinski definition) is 2. The molecule has 0 saturated heterocycles. The summed E-state index contributed by atoms with van der Waals surface area (Å²) in [6, 6.07) is 0.769. The second kappa shape index (κ2) is 3.79. The molecule has 0 aromatic carbocycles. The van der Waals surface area contributed by atoms with Gasteiger partial charge in [0.15, 0.2) is 5.43 Å². The Morgan fingerprint density at radius 2 is 2.07 bits per heavy atom. The van der Waals surface area contributed by atoms with Gasteiger partial charge in [-0.2, -0.15) is 0 Å². The SMILES string of the molecule is Cc1c(I)[nH]c(OC(F)(F)F)cc1=O. The van der Waals surface area contributed by atoms with Crippen LogP contribution in [0.3, 0.4) is 0 Å². The fourth-order valence-corrected chi connectivity index (χ4v) is 1.28. The molecule has 1 N–H and O–H groups in total. The molecule has 14 heavy (non-hydrogen) atoms. The van der Waals surface area contributed by atoms with E-state index >= 15 is 0 Å². The molecule has 0 spiro atoms. The average molecular weight is 319 g/mol. The van der Waals surface area contributed by atoms with Crippen molar-refractivity contribution in [1.29, 1.82) is 0 Å². The predicted molar refractivity (Wildman–Crippen MR) is 51.2 cm³/mol. The Balaban J connectivity index is 3.08. The van der Waals surface area contributed by atoms with E-state index in [-0.39, 0.29) is 0 Å². The van der Waals surface area contributed by atoms with Crippen molar-refractivity contribution in [3.63, 3.8) is 0 Å². The zero-order chi connectivity index (χ0) is 10.9. The van der Waals surface area contributed by atoms with Crippen LogP contribution in [-0.2, 0) is 0 Å².